The van der Waals surface area contributed by atoms with Crippen molar-refractivity contribution in [2.45, 2.75) is 6.42 Å². The number of aromatic amines is 2. The molecule has 0 spiro atoms. The molecule has 0 radical (unpaired) electrons. The average molecular weight is 510 g/mol. The number of rotatable bonds is 8. The van der Waals surface area contributed by atoms with Crippen molar-refractivity contribution in [2.24, 2.45) is 5.10 Å². The van der Waals surface area contributed by atoms with Crippen LogP contribution in [0.15, 0.2) is 51.1 Å². The first-order chi connectivity index (χ1) is 17.4. The molecular weight excluding hydrogens is 486 g/mol. The maximum absolute atomic E-state index is 13.1. The quantitative estimate of drug-likeness (QED) is 0.274. The van der Waals surface area contributed by atoms with E-state index in [1.807, 2.05) is 6.07 Å². The summed E-state index contributed by atoms with van der Waals surface area (Å²) in [6.07, 6.45) is 1.41. The van der Waals surface area contributed by atoms with Crippen LogP contribution in [-0.2, 0) is 6.42 Å². The highest BCUT2D eigenvalue weighted by molar-refractivity contribution is 7.71. The molecule has 0 aliphatic rings. The lowest BCUT2D eigenvalue weighted by Crippen LogP contribution is -2.25. The van der Waals surface area contributed by atoms with Gasteiger partial charge in [-0.1, -0.05) is 0 Å². The van der Waals surface area contributed by atoms with Gasteiger partial charge in [-0.3, -0.25) is 14.7 Å². The minimum Gasteiger partial charge on any atom is -0.497 e. The number of benzene rings is 2. The molecule has 2 aromatic heterocycles. The molecule has 4 aromatic rings. The molecule has 186 valence electrons. The molecule has 4 rings (SSSR count). The molecule has 0 saturated carbocycles. The van der Waals surface area contributed by atoms with Gasteiger partial charge in [0.05, 0.1) is 45.7 Å². The zero-order valence-electron chi connectivity index (χ0n) is 19.9. The minimum absolute atomic E-state index is 0.0214. The van der Waals surface area contributed by atoms with Crippen LogP contribution in [0.5, 0.6) is 23.0 Å². The molecule has 11 nitrogen and oxygen atoms in total. The van der Waals surface area contributed by atoms with E-state index in [4.69, 9.17) is 31.2 Å². The van der Waals surface area contributed by atoms with E-state index in [0.29, 0.717) is 34.1 Å². The third kappa shape index (κ3) is 4.84. The van der Waals surface area contributed by atoms with Gasteiger partial charge in [-0.15, -0.1) is 0 Å². The normalized spacial score (nSPS) is 11.1. The number of hydrogen-bond acceptors (Lipinski definition) is 9. The van der Waals surface area contributed by atoms with Gasteiger partial charge >= 0.3 is 0 Å². The molecule has 0 fully saturated rings. The maximum Gasteiger partial charge on any atom is 0.297 e. The zero-order valence-corrected chi connectivity index (χ0v) is 20.8. The standard InChI is InChI=1S/C24H23N5O6S/c1-32-16-6-5-14-10-15(22(30)26-17(14)11-16)12-25-29-23(31)18(27-28-24(29)36)7-13-8-19(33-2)21(35-4)20(9-13)34-3/h5-6,8-12H,7H2,1-4H3,(H,26,30)(H,28,36)/b25-12+. The Kier molecular flexibility index (Phi) is 7.15. The van der Waals surface area contributed by atoms with Gasteiger partial charge in [0, 0.05) is 12.5 Å². The fourth-order valence-corrected chi connectivity index (χ4v) is 3.79. The molecule has 0 unspecified atom stereocenters. The summed E-state index contributed by atoms with van der Waals surface area (Å²) in [5.41, 5.74) is 0.783. The van der Waals surface area contributed by atoms with E-state index in [1.165, 1.54) is 27.5 Å². The van der Waals surface area contributed by atoms with Gasteiger partial charge in [-0.05, 0) is 53.5 Å². The van der Waals surface area contributed by atoms with Crippen molar-refractivity contribution in [3.8, 4) is 23.0 Å². The smallest absolute Gasteiger partial charge is 0.297 e. The molecule has 0 atom stereocenters. The largest absolute Gasteiger partial charge is 0.497 e. The van der Waals surface area contributed by atoms with E-state index in [2.05, 4.69) is 20.3 Å². The first kappa shape index (κ1) is 24.7. The summed E-state index contributed by atoms with van der Waals surface area (Å²) in [4.78, 5) is 28.5. The average Bonchev–Trinajstić information content (AvgIpc) is 2.89. The first-order valence-corrected chi connectivity index (χ1v) is 11.0. The van der Waals surface area contributed by atoms with Crippen LogP contribution in [0.25, 0.3) is 10.9 Å². The van der Waals surface area contributed by atoms with Crippen LogP contribution in [0.2, 0.25) is 0 Å². The molecule has 2 aromatic carbocycles. The molecule has 0 bridgehead atoms. The molecule has 0 aliphatic carbocycles. The van der Waals surface area contributed by atoms with E-state index in [9.17, 15) is 9.59 Å². The van der Waals surface area contributed by atoms with Crippen LogP contribution in [0.3, 0.4) is 0 Å². The van der Waals surface area contributed by atoms with Gasteiger partial charge < -0.3 is 23.9 Å². The molecular formula is C24H23N5O6S. The number of ether oxygens (including phenoxy) is 4. The SMILES string of the molecule is COc1ccc2cc(/C=N/n3c(=S)[nH]nc(Cc4cc(OC)c(OC)c(OC)c4)c3=O)c(=O)[nH]c2c1. The van der Waals surface area contributed by atoms with Crippen LogP contribution >= 0.6 is 12.2 Å². The lowest BCUT2D eigenvalue weighted by Gasteiger charge is -2.14. The van der Waals surface area contributed by atoms with Gasteiger partial charge in [0.25, 0.3) is 11.1 Å². The van der Waals surface area contributed by atoms with E-state index in [-0.39, 0.29) is 28.0 Å². The Hall–Kier alpha value is -4.45. The second-order valence-corrected chi connectivity index (χ2v) is 7.94. The van der Waals surface area contributed by atoms with Crippen molar-refractivity contribution in [1.82, 2.24) is 19.9 Å². The second-order valence-electron chi connectivity index (χ2n) is 7.55. The van der Waals surface area contributed by atoms with E-state index in [0.717, 1.165) is 10.1 Å². The molecule has 12 heteroatoms. The number of aromatic nitrogens is 4. The highest BCUT2D eigenvalue weighted by Crippen LogP contribution is 2.38. The highest BCUT2D eigenvalue weighted by Gasteiger charge is 2.16. The van der Waals surface area contributed by atoms with E-state index in [1.54, 1.807) is 37.4 Å². The Morgan fingerprint density at radius 2 is 1.72 bits per heavy atom. The molecule has 36 heavy (non-hydrogen) atoms. The fourth-order valence-electron chi connectivity index (χ4n) is 3.62. The van der Waals surface area contributed by atoms with E-state index < -0.39 is 5.56 Å². The molecule has 2 heterocycles. The van der Waals surface area contributed by atoms with Crippen molar-refractivity contribution in [2.75, 3.05) is 28.4 Å². The van der Waals surface area contributed by atoms with Crippen molar-refractivity contribution < 1.29 is 18.9 Å². The topological polar surface area (TPSA) is 133 Å². The number of H-pyrrole nitrogens is 2. The Balaban J connectivity index is 1.70. The molecule has 2 N–H and O–H groups in total. The van der Waals surface area contributed by atoms with Crippen molar-refractivity contribution in [3.05, 3.63) is 78.7 Å². The Morgan fingerprint density at radius 3 is 2.36 bits per heavy atom. The third-order valence-corrected chi connectivity index (χ3v) is 5.67. The number of methoxy groups -OCH3 is 4. The summed E-state index contributed by atoms with van der Waals surface area (Å²) >= 11 is 5.20. The summed E-state index contributed by atoms with van der Waals surface area (Å²) in [5.74, 6) is 1.95. The van der Waals surface area contributed by atoms with Crippen molar-refractivity contribution in [1.29, 1.82) is 0 Å². The Bertz CT molecular complexity index is 1610. The van der Waals surface area contributed by atoms with Crippen LogP contribution in [0.4, 0.5) is 0 Å². The van der Waals surface area contributed by atoms with Gasteiger partial charge in [0.15, 0.2) is 11.5 Å². The lowest BCUT2D eigenvalue weighted by molar-refractivity contribution is 0.324. The highest BCUT2D eigenvalue weighted by atomic mass is 32.1. The summed E-state index contributed by atoms with van der Waals surface area (Å²) in [7, 11) is 6.07. The summed E-state index contributed by atoms with van der Waals surface area (Å²) in [6.45, 7) is 0. The Labute approximate surface area is 209 Å². The summed E-state index contributed by atoms with van der Waals surface area (Å²) in [5, 5.41) is 11.7. The zero-order chi connectivity index (χ0) is 25.8. The number of fused-ring (bicyclic) bond motifs is 1. The van der Waals surface area contributed by atoms with Crippen LogP contribution in [0, 0.1) is 4.77 Å². The fraction of sp³-hybridized carbons (Fsp3) is 0.208. The van der Waals surface area contributed by atoms with Crippen LogP contribution < -0.4 is 30.1 Å². The Morgan fingerprint density at radius 1 is 1.00 bits per heavy atom. The number of pyridine rings is 1. The maximum atomic E-state index is 13.1. The first-order valence-electron chi connectivity index (χ1n) is 10.6. The summed E-state index contributed by atoms with van der Waals surface area (Å²) in [6, 6.07) is 10.4. The predicted molar refractivity (Wildman–Crippen MR) is 137 cm³/mol. The van der Waals surface area contributed by atoms with Gasteiger partial charge in [0.2, 0.25) is 10.5 Å². The molecule has 0 aliphatic heterocycles. The monoisotopic (exact) mass is 509 g/mol. The summed E-state index contributed by atoms with van der Waals surface area (Å²) < 4.78 is 22.2. The van der Waals surface area contributed by atoms with Gasteiger partial charge in [0.1, 0.15) is 11.4 Å². The van der Waals surface area contributed by atoms with Crippen LogP contribution in [-0.4, -0.2) is 54.5 Å². The van der Waals surface area contributed by atoms with Gasteiger partial charge in [-0.25, -0.2) is 0 Å². The third-order valence-electron chi connectivity index (χ3n) is 5.41. The molecule has 0 saturated heterocycles. The van der Waals surface area contributed by atoms with E-state index >= 15 is 0 Å². The lowest BCUT2D eigenvalue weighted by atomic mass is 10.1. The predicted octanol–water partition coefficient (Wildman–Crippen LogP) is 2.65. The van der Waals surface area contributed by atoms with Crippen LogP contribution in [0.1, 0.15) is 16.8 Å². The van der Waals surface area contributed by atoms with Crippen molar-refractivity contribution >= 4 is 29.3 Å². The number of hydrogen-bond donors (Lipinski definition) is 2. The number of nitrogens with zero attached hydrogens (tertiary/aromatic N) is 3. The van der Waals surface area contributed by atoms with Crippen molar-refractivity contribution in [3.63, 3.8) is 0 Å². The second kappa shape index (κ2) is 10.4. The van der Waals surface area contributed by atoms with Gasteiger partial charge in [-0.2, -0.15) is 14.9 Å². The number of nitrogens with one attached hydrogen (secondary N) is 2. The molecule has 0 amide bonds. The minimum atomic E-state index is -0.536.